The fraction of sp³-hybridized carbons (Fsp3) is 0.200. The minimum absolute atomic E-state index is 0.975. The minimum atomic E-state index is -0.975. The van der Waals surface area contributed by atoms with Crippen LogP contribution in [0.25, 0.3) is 6.08 Å². The van der Waals surface area contributed by atoms with E-state index in [1.165, 1.54) is 11.1 Å². The van der Waals surface area contributed by atoms with Crippen LogP contribution in [0.5, 0.6) is 0 Å². The molecule has 0 N–H and O–H groups in total. The highest BCUT2D eigenvalue weighted by Crippen LogP contribution is 2.08. The SMILES string of the molecule is C=Cc1ccc(C[SiH](C)Cl)cc1. The molecule has 2 heteroatoms. The summed E-state index contributed by atoms with van der Waals surface area (Å²) in [5, 5.41) is 0. The van der Waals surface area contributed by atoms with Crippen molar-refractivity contribution in [3.8, 4) is 0 Å². The van der Waals surface area contributed by atoms with E-state index in [0.29, 0.717) is 0 Å². The van der Waals surface area contributed by atoms with Crippen LogP contribution in [0, 0.1) is 0 Å². The average molecular weight is 197 g/mol. The summed E-state index contributed by atoms with van der Waals surface area (Å²) in [6.45, 7) is 5.85. The molecule has 0 amide bonds. The molecule has 0 fully saturated rings. The second kappa shape index (κ2) is 4.48. The molecule has 0 aliphatic heterocycles. The number of hydrogen-bond donors (Lipinski definition) is 0. The van der Waals surface area contributed by atoms with Crippen molar-refractivity contribution < 1.29 is 0 Å². The van der Waals surface area contributed by atoms with Crippen LogP contribution in [-0.2, 0) is 6.04 Å². The molecule has 0 radical (unpaired) electrons. The van der Waals surface area contributed by atoms with Gasteiger partial charge in [-0.2, -0.15) is 11.1 Å². The van der Waals surface area contributed by atoms with Crippen LogP contribution >= 0.6 is 11.1 Å². The van der Waals surface area contributed by atoms with Crippen LogP contribution in [0.3, 0.4) is 0 Å². The summed E-state index contributed by atoms with van der Waals surface area (Å²) in [4.78, 5) is 0. The first-order valence-electron chi connectivity index (χ1n) is 4.08. The van der Waals surface area contributed by atoms with Gasteiger partial charge in [0, 0.05) is 0 Å². The predicted octanol–water partition coefficient (Wildman–Crippen LogP) is 3.00. The lowest BCUT2D eigenvalue weighted by Crippen LogP contribution is -2.01. The Morgan fingerprint density at radius 2 is 2.00 bits per heavy atom. The van der Waals surface area contributed by atoms with Gasteiger partial charge in [0.2, 0.25) is 0 Å². The van der Waals surface area contributed by atoms with Gasteiger partial charge in [-0.3, -0.25) is 0 Å². The van der Waals surface area contributed by atoms with E-state index < -0.39 is 8.11 Å². The van der Waals surface area contributed by atoms with Gasteiger partial charge in [-0.05, 0) is 17.2 Å². The van der Waals surface area contributed by atoms with Gasteiger partial charge in [0.15, 0.2) is 0 Å². The summed E-state index contributed by atoms with van der Waals surface area (Å²) >= 11 is 6.00. The van der Waals surface area contributed by atoms with Crippen LogP contribution in [0.4, 0.5) is 0 Å². The first-order chi connectivity index (χ1) is 5.72. The van der Waals surface area contributed by atoms with E-state index in [-0.39, 0.29) is 0 Å². The molecule has 0 bridgehead atoms. The molecule has 0 heterocycles. The molecular weight excluding hydrogens is 184 g/mol. The number of hydrogen-bond acceptors (Lipinski definition) is 0. The Hall–Kier alpha value is -0.533. The van der Waals surface area contributed by atoms with Gasteiger partial charge in [0.25, 0.3) is 0 Å². The first-order valence-corrected chi connectivity index (χ1v) is 7.79. The molecule has 64 valence electrons. The normalized spacial score (nSPS) is 12.5. The van der Waals surface area contributed by atoms with Crippen molar-refractivity contribution in [2.75, 3.05) is 0 Å². The Kier molecular flexibility index (Phi) is 3.57. The Labute approximate surface area is 80.2 Å². The summed E-state index contributed by atoms with van der Waals surface area (Å²) in [6.07, 6.45) is 1.85. The van der Waals surface area contributed by atoms with Gasteiger partial charge in [0.1, 0.15) is 8.11 Å². The highest BCUT2D eigenvalue weighted by molar-refractivity contribution is 7.05. The summed E-state index contributed by atoms with van der Waals surface area (Å²) in [5.41, 5.74) is 2.51. The fourth-order valence-corrected chi connectivity index (χ4v) is 2.57. The van der Waals surface area contributed by atoms with E-state index in [4.69, 9.17) is 11.1 Å². The molecule has 0 nitrogen and oxygen atoms in total. The van der Waals surface area contributed by atoms with Crippen molar-refractivity contribution in [3.05, 3.63) is 42.0 Å². The average Bonchev–Trinajstić information content (AvgIpc) is 2.05. The molecule has 0 aliphatic carbocycles. The second-order valence-corrected chi connectivity index (χ2v) is 7.14. The van der Waals surface area contributed by atoms with Crippen LogP contribution in [0.2, 0.25) is 6.55 Å². The molecule has 0 spiro atoms. The third-order valence-corrected chi connectivity index (χ3v) is 3.23. The zero-order valence-corrected chi connectivity index (χ0v) is 9.17. The van der Waals surface area contributed by atoms with Crippen molar-refractivity contribution in [1.82, 2.24) is 0 Å². The van der Waals surface area contributed by atoms with Crippen molar-refractivity contribution in [2.24, 2.45) is 0 Å². The molecule has 12 heavy (non-hydrogen) atoms. The third-order valence-electron chi connectivity index (χ3n) is 1.73. The van der Waals surface area contributed by atoms with Crippen LogP contribution in [0.15, 0.2) is 30.8 Å². The predicted molar refractivity (Wildman–Crippen MR) is 59.1 cm³/mol. The lowest BCUT2D eigenvalue weighted by molar-refractivity contribution is 1.37. The molecule has 1 aromatic rings. The fourth-order valence-electron chi connectivity index (χ4n) is 1.11. The molecule has 0 aromatic heterocycles. The highest BCUT2D eigenvalue weighted by Gasteiger charge is 1.99. The van der Waals surface area contributed by atoms with Gasteiger partial charge in [0.05, 0.1) is 0 Å². The third kappa shape index (κ3) is 2.84. The quantitative estimate of drug-likeness (QED) is 0.515. The highest BCUT2D eigenvalue weighted by atomic mass is 35.6. The lowest BCUT2D eigenvalue weighted by Gasteiger charge is -2.01. The second-order valence-electron chi connectivity index (χ2n) is 2.93. The summed E-state index contributed by atoms with van der Waals surface area (Å²) in [5.74, 6) is 0. The molecule has 0 aliphatic rings. The Balaban J connectivity index is 2.71. The Morgan fingerprint density at radius 3 is 2.42 bits per heavy atom. The zero-order chi connectivity index (χ0) is 8.97. The first kappa shape index (κ1) is 9.55. The van der Waals surface area contributed by atoms with Crippen LogP contribution in [0.1, 0.15) is 11.1 Å². The smallest absolute Gasteiger partial charge is 0.142 e. The van der Waals surface area contributed by atoms with E-state index in [9.17, 15) is 0 Å². The van der Waals surface area contributed by atoms with Gasteiger partial charge in [-0.25, -0.2) is 0 Å². The Morgan fingerprint density at radius 1 is 1.42 bits per heavy atom. The van der Waals surface area contributed by atoms with Crippen LogP contribution < -0.4 is 0 Å². The van der Waals surface area contributed by atoms with Crippen molar-refractivity contribution in [2.45, 2.75) is 12.6 Å². The van der Waals surface area contributed by atoms with Gasteiger partial charge in [-0.1, -0.05) is 43.5 Å². The molecule has 0 saturated carbocycles. The lowest BCUT2D eigenvalue weighted by atomic mass is 10.1. The van der Waals surface area contributed by atoms with E-state index >= 15 is 0 Å². The molecular formula is C10H13ClSi. The summed E-state index contributed by atoms with van der Waals surface area (Å²) < 4.78 is 0. The van der Waals surface area contributed by atoms with Crippen LogP contribution in [-0.4, -0.2) is 8.11 Å². The van der Waals surface area contributed by atoms with Gasteiger partial charge < -0.3 is 0 Å². The topological polar surface area (TPSA) is 0 Å². The maximum atomic E-state index is 6.00. The number of benzene rings is 1. The number of rotatable bonds is 3. The van der Waals surface area contributed by atoms with Gasteiger partial charge >= 0.3 is 0 Å². The zero-order valence-electron chi connectivity index (χ0n) is 7.26. The van der Waals surface area contributed by atoms with E-state index in [1.807, 2.05) is 6.08 Å². The largest absolute Gasteiger partial charge is 0.172 e. The molecule has 1 rings (SSSR count). The molecule has 1 aromatic carbocycles. The summed E-state index contributed by atoms with van der Waals surface area (Å²) in [7, 11) is -0.975. The maximum Gasteiger partial charge on any atom is 0.142 e. The van der Waals surface area contributed by atoms with Crippen molar-refractivity contribution >= 4 is 25.3 Å². The maximum absolute atomic E-state index is 6.00. The van der Waals surface area contributed by atoms with Crippen molar-refractivity contribution in [1.29, 1.82) is 0 Å². The minimum Gasteiger partial charge on any atom is -0.172 e. The molecule has 0 saturated heterocycles. The molecule has 1 unspecified atom stereocenters. The van der Waals surface area contributed by atoms with E-state index in [1.54, 1.807) is 0 Å². The van der Waals surface area contributed by atoms with E-state index in [0.717, 1.165) is 6.04 Å². The molecule has 1 atom stereocenters. The number of halogens is 1. The standard InChI is InChI=1S/C10H13ClSi/c1-3-9-4-6-10(7-5-9)8-12(2)11/h3-7,12H,1,8H2,2H3. The van der Waals surface area contributed by atoms with Gasteiger partial charge in [-0.15, -0.1) is 0 Å². The summed E-state index contributed by atoms with van der Waals surface area (Å²) in [6, 6.07) is 9.48. The Bertz CT molecular complexity index is 251. The monoisotopic (exact) mass is 196 g/mol. The van der Waals surface area contributed by atoms with E-state index in [2.05, 4.69) is 37.4 Å². The van der Waals surface area contributed by atoms with Crippen molar-refractivity contribution in [3.63, 3.8) is 0 Å².